The molecule has 0 atom stereocenters. The summed E-state index contributed by atoms with van der Waals surface area (Å²) in [5, 5.41) is 5.12. The van der Waals surface area contributed by atoms with E-state index in [-0.39, 0.29) is 12.2 Å². The molecule has 0 fully saturated rings. The molecule has 3 nitrogen and oxygen atoms in total. The Kier molecular flexibility index (Phi) is 4.70. The molecule has 116 valence electrons. The largest absolute Gasteiger partial charge is 0.374 e. The molecule has 0 bridgehead atoms. The van der Waals surface area contributed by atoms with Crippen molar-refractivity contribution in [2.75, 3.05) is 17.2 Å². The first-order valence-electron chi connectivity index (χ1n) is 6.63. The van der Waals surface area contributed by atoms with Gasteiger partial charge in [-0.15, -0.1) is 0 Å². The maximum Gasteiger partial charge on any atom is 0.243 e. The van der Waals surface area contributed by atoms with Crippen LogP contribution in [0, 0.1) is 31.3 Å². The van der Waals surface area contributed by atoms with Crippen LogP contribution >= 0.6 is 0 Å². The van der Waals surface area contributed by atoms with Gasteiger partial charge in [0.25, 0.3) is 0 Å². The zero-order valence-corrected chi connectivity index (χ0v) is 12.1. The number of hydrogen-bond donors (Lipinski definition) is 2. The molecule has 0 radical (unpaired) electrons. The summed E-state index contributed by atoms with van der Waals surface area (Å²) < 4.78 is 39.3. The Morgan fingerprint density at radius 2 is 1.73 bits per heavy atom. The highest BCUT2D eigenvalue weighted by molar-refractivity contribution is 5.94. The van der Waals surface area contributed by atoms with Gasteiger partial charge in [0.2, 0.25) is 5.91 Å². The SMILES string of the molecule is Cc1cccc(NC(=O)CNc2ccc(F)c(F)c2F)c1C. The summed E-state index contributed by atoms with van der Waals surface area (Å²) in [6.45, 7) is 3.52. The fourth-order valence-corrected chi connectivity index (χ4v) is 1.92. The number of aryl methyl sites for hydroxylation is 1. The number of anilines is 2. The lowest BCUT2D eigenvalue weighted by molar-refractivity contribution is -0.114. The van der Waals surface area contributed by atoms with Crippen LogP contribution in [-0.4, -0.2) is 12.5 Å². The van der Waals surface area contributed by atoms with Gasteiger partial charge in [-0.2, -0.15) is 0 Å². The van der Waals surface area contributed by atoms with Gasteiger partial charge in [-0.05, 0) is 43.2 Å². The second kappa shape index (κ2) is 6.51. The van der Waals surface area contributed by atoms with E-state index >= 15 is 0 Å². The summed E-state index contributed by atoms with van der Waals surface area (Å²) in [6.07, 6.45) is 0. The molecule has 0 aliphatic carbocycles. The van der Waals surface area contributed by atoms with E-state index in [1.807, 2.05) is 19.9 Å². The number of benzene rings is 2. The minimum atomic E-state index is -1.57. The number of amides is 1. The lowest BCUT2D eigenvalue weighted by Crippen LogP contribution is -2.23. The molecule has 6 heteroatoms. The third kappa shape index (κ3) is 3.39. The quantitative estimate of drug-likeness (QED) is 0.844. The molecular formula is C16H15F3N2O. The fraction of sp³-hybridized carbons (Fsp3) is 0.188. The molecule has 0 aliphatic rings. The number of hydrogen-bond acceptors (Lipinski definition) is 2. The van der Waals surface area contributed by atoms with Gasteiger partial charge in [0, 0.05) is 5.69 Å². The van der Waals surface area contributed by atoms with Crippen LogP contribution < -0.4 is 10.6 Å². The van der Waals surface area contributed by atoms with Crippen LogP contribution in [0.5, 0.6) is 0 Å². The lowest BCUT2D eigenvalue weighted by atomic mass is 10.1. The predicted molar refractivity (Wildman–Crippen MR) is 79.4 cm³/mol. The molecule has 22 heavy (non-hydrogen) atoms. The monoisotopic (exact) mass is 308 g/mol. The topological polar surface area (TPSA) is 41.1 Å². The first kappa shape index (κ1) is 15.9. The van der Waals surface area contributed by atoms with Crippen LogP contribution in [0.4, 0.5) is 24.5 Å². The van der Waals surface area contributed by atoms with Crippen LogP contribution in [0.2, 0.25) is 0 Å². The molecule has 2 N–H and O–H groups in total. The normalized spacial score (nSPS) is 10.4. The van der Waals surface area contributed by atoms with Crippen molar-refractivity contribution in [2.45, 2.75) is 13.8 Å². The highest BCUT2D eigenvalue weighted by atomic mass is 19.2. The fourth-order valence-electron chi connectivity index (χ4n) is 1.92. The van der Waals surface area contributed by atoms with Crippen molar-refractivity contribution in [3.05, 3.63) is 58.9 Å². The van der Waals surface area contributed by atoms with E-state index in [0.717, 1.165) is 23.3 Å². The third-order valence-electron chi connectivity index (χ3n) is 3.35. The number of halogens is 3. The highest BCUT2D eigenvalue weighted by Gasteiger charge is 2.14. The van der Waals surface area contributed by atoms with Crippen molar-refractivity contribution in [1.29, 1.82) is 0 Å². The van der Waals surface area contributed by atoms with Crippen LogP contribution in [0.1, 0.15) is 11.1 Å². The van der Waals surface area contributed by atoms with Crippen LogP contribution in [0.25, 0.3) is 0 Å². The molecular weight excluding hydrogens is 293 g/mol. The highest BCUT2D eigenvalue weighted by Crippen LogP contribution is 2.20. The maximum absolute atomic E-state index is 13.4. The molecule has 0 saturated heterocycles. The van der Waals surface area contributed by atoms with E-state index in [1.165, 1.54) is 0 Å². The molecule has 0 aliphatic heterocycles. The number of rotatable bonds is 4. The summed E-state index contributed by atoms with van der Waals surface area (Å²) in [5.74, 6) is -4.61. The first-order valence-corrected chi connectivity index (χ1v) is 6.63. The smallest absolute Gasteiger partial charge is 0.243 e. The van der Waals surface area contributed by atoms with E-state index in [9.17, 15) is 18.0 Å². The minimum Gasteiger partial charge on any atom is -0.374 e. The Morgan fingerprint density at radius 1 is 1.00 bits per heavy atom. The van der Waals surface area contributed by atoms with Crippen molar-refractivity contribution in [1.82, 2.24) is 0 Å². The summed E-state index contributed by atoms with van der Waals surface area (Å²) in [4.78, 5) is 11.8. The average molecular weight is 308 g/mol. The van der Waals surface area contributed by atoms with Gasteiger partial charge in [0.15, 0.2) is 17.5 Å². The standard InChI is InChI=1S/C16H15F3N2O/c1-9-4-3-5-12(10(9)2)21-14(22)8-20-13-7-6-11(17)15(18)16(13)19/h3-7,20H,8H2,1-2H3,(H,21,22). The molecule has 2 rings (SSSR count). The molecule has 0 saturated carbocycles. The summed E-state index contributed by atoms with van der Waals surface area (Å²) in [7, 11) is 0. The molecule has 0 aromatic heterocycles. The average Bonchev–Trinajstić information content (AvgIpc) is 2.49. The molecule has 0 unspecified atom stereocenters. The minimum absolute atomic E-state index is 0.268. The first-order chi connectivity index (χ1) is 10.4. The maximum atomic E-state index is 13.4. The van der Waals surface area contributed by atoms with Gasteiger partial charge >= 0.3 is 0 Å². The molecule has 0 spiro atoms. The Balaban J connectivity index is 2.02. The molecule has 2 aromatic carbocycles. The van der Waals surface area contributed by atoms with Gasteiger partial charge in [-0.1, -0.05) is 12.1 Å². The Labute approximate surface area is 126 Å². The number of carbonyl (C=O) groups is 1. The Bertz CT molecular complexity index is 717. The van der Waals surface area contributed by atoms with Crippen molar-refractivity contribution in [2.24, 2.45) is 0 Å². The zero-order chi connectivity index (χ0) is 16.3. The van der Waals surface area contributed by atoms with E-state index in [2.05, 4.69) is 10.6 Å². The van der Waals surface area contributed by atoms with Gasteiger partial charge in [0.1, 0.15) is 0 Å². The van der Waals surface area contributed by atoms with Crippen molar-refractivity contribution < 1.29 is 18.0 Å². The second-order valence-electron chi connectivity index (χ2n) is 4.87. The van der Waals surface area contributed by atoms with E-state index < -0.39 is 23.4 Å². The lowest BCUT2D eigenvalue weighted by Gasteiger charge is -2.12. The van der Waals surface area contributed by atoms with Crippen molar-refractivity contribution in [3.63, 3.8) is 0 Å². The van der Waals surface area contributed by atoms with Crippen LogP contribution in [-0.2, 0) is 4.79 Å². The summed E-state index contributed by atoms with van der Waals surface area (Å²) >= 11 is 0. The van der Waals surface area contributed by atoms with Crippen molar-refractivity contribution in [3.8, 4) is 0 Å². The van der Waals surface area contributed by atoms with Crippen LogP contribution in [0.3, 0.4) is 0 Å². The van der Waals surface area contributed by atoms with Gasteiger partial charge in [0.05, 0.1) is 12.2 Å². The van der Waals surface area contributed by atoms with Gasteiger partial charge < -0.3 is 10.6 Å². The molecule has 0 heterocycles. The summed E-state index contributed by atoms with van der Waals surface area (Å²) in [5.41, 5.74) is 2.33. The summed E-state index contributed by atoms with van der Waals surface area (Å²) in [6, 6.07) is 7.31. The number of nitrogens with one attached hydrogen (secondary N) is 2. The predicted octanol–water partition coefficient (Wildman–Crippen LogP) is 3.77. The van der Waals surface area contributed by atoms with E-state index in [1.54, 1.807) is 12.1 Å². The zero-order valence-electron chi connectivity index (χ0n) is 12.1. The Morgan fingerprint density at radius 3 is 2.45 bits per heavy atom. The third-order valence-corrected chi connectivity index (χ3v) is 3.35. The van der Waals surface area contributed by atoms with E-state index in [0.29, 0.717) is 5.69 Å². The second-order valence-corrected chi connectivity index (χ2v) is 4.87. The van der Waals surface area contributed by atoms with Crippen molar-refractivity contribution >= 4 is 17.3 Å². The van der Waals surface area contributed by atoms with Gasteiger partial charge in [-0.3, -0.25) is 4.79 Å². The Hall–Kier alpha value is -2.50. The number of carbonyl (C=O) groups excluding carboxylic acids is 1. The van der Waals surface area contributed by atoms with E-state index in [4.69, 9.17) is 0 Å². The van der Waals surface area contributed by atoms with Gasteiger partial charge in [-0.25, -0.2) is 13.2 Å². The molecule has 2 aromatic rings. The molecule has 1 amide bonds. The van der Waals surface area contributed by atoms with Crippen LogP contribution in [0.15, 0.2) is 30.3 Å².